The molecule has 1 N–H and O–H groups in total. The molecule has 1 aromatic heterocycles. The maximum absolute atomic E-state index is 12.9. The lowest BCUT2D eigenvalue weighted by Gasteiger charge is -2.16. The number of aromatic nitrogens is 1. The maximum Gasteiger partial charge on any atom is 0.261 e. The van der Waals surface area contributed by atoms with Crippen LogP contribution in [0.25, 0.3) is 0 Å². The highest BCUT2D eigenvalue weighted by atomic mass is 32.2. The van der Waals surface area contributed by atoms with Crippen molar-refractivity contribution in [2.45, 2.75) is 31.1 Å². The molecule has 154 valence electrons. The van der Waals surface area contributed by atoms with Gasteiger partial charge in [-0.2, -0.15) is 0 Å². The summed E-state index contributed by atoms with van der Waals surface area (Å²) >= 11 is 0. The SMILES string of the molecule is CCC(=O)N1CCc2cc(S(=O)(=O)Nc3ccc(Cc4ccncc4)cc3)ccc21. The Balaban J connectivity index is 1.49. The number of amides is 1. The fourth-order valence-corrected chi connectivity index (χ4v) is 4.75. The molecule has 6 nitrogen and oxygen atoms in total. The Hall–Kier alpha value is -3.19. The van der Waals surface area contributed by atoms with Crippen molar-refractivity contribution >= 4 is 27.3 Å². The molecule has 4 rings (SSSR count). The second-order valence-electron chi connectivity index (χ2n) is 7.27. The van der Waals surface area contributed by atoms with Crippen LogP contribution >= 0.6 is 0 Å². The van der Waals surface area contributed by atoms with Gasteiger partial charge in [0, 0.05) is 36.7 Å². The van der Waals surface area contributed by atoms with Crippen molar-refractivity contribution in [3.05, 3.63) is 83.7 Å². The lowest BCUT2D eigenvalue weighted by Crippen LogP contribution is -2.27. The van der Waals surface area contributed by atoms with Gasteiger partial charge in [-0.25, -0.2) is 8.42 Å². The van der Waals surface area contributed by atoms with Crippen LogP contribution < -0.4 is 9.62 Å². The number of hydrogen-bond donors (Lipinski definition) is 1. The standard InChI is InChI=1S/C23H23N3O3S/c1-2-23(27)26-14-11-19-16-21(7-8-22(19)26)30(28,29)25-20-5-3-17(4-6-20)15-18-9-12-24-13-10-18/h3-10,12-13,16,25H,2,11,14-15H2,1H3. The third-order valence-corrected chi connectivity index (χ3v) is 6.60. The number of hydrogen-bond acceptors (Lipinski definition) is 4. The van der Waals surface area contributed by atoms with Crippen molar-refractivity contribution in [3.63, 3.8) is 0 Å². The Labute approximate surface area is 176 Å². The monoisotopic (exact) mass is 421 g/mol. The zero-order valence-corrected chi connectivity index (χ0v) is 17.5. The van der Waals surface area contributed by atoms with Gasteiger partial charge in [0.1, 0.15) is 0 Å². The first-order valence-electron chi connectivity index (χ1n) is 9.90. The summed E-state index contributed by atoms with van der Waals surface area (Å²) in [6, 6.07) is 16.2. The first-order chi connectivity index (χ1) is 14.5. The van der Waals surface area contributed by atoms with Crippen LogP contribution in [0.3, 0.4) is 0 Å². The molecule has 1 aliphatic heterocycles. The Bertz CT molecular complexity index is 1160. The van der Waals surface area contributed by atoms with Gasteiger partial charge in [-0.1, -0.05) is 19.1 Å². The van der Waals surface area contributed by atoms with Crippen molar-refractivity contribution < 1.29 is 13.2 Å². The Morgan fingerprint density at radius 3 is 2.43 bits per heavy atom. The molecule has 0 radical (unpaired) electrons. The molecule has 0 fully saturated rings. The van der Waals surface area contributed by atoms with Crippen molar-refractivity contribution in [1.29, 1.82) is 0 Å². The molecule has 0 saturated carbocycles. The minimum absolute atomic E-state index is 0.0503. The van der Waals surface area contributed by atoms with Gasteiger partial charge in [0.25, 0.3) is 10.0 Å². The van der Waals surface area contributed by atoms with E-state index < -0.39 is 10.0 Å². The van der Waals surface area contributed by atoms with E-state index in [2.05, 4.69) is 9.71 Å². The van der Waals surface area contributed by atoms with Crippen molar-refractivity contribution in [1.82, 2.24) is 4.98 Å². The number of nitrogens with zero attached hydrogens (tertiary/aromatic N) is 2. The molecule has 2 aromatic carbocycles. The predicted molar refractivity (Wildman–Crippen MR) is 117 cm³/mol. The van der Waals surface area contributed by atoms with E-state index in [-0.39, 0.29) is 10.8 Å². The quantitative estimate of drug-likeness (QED) is 0.657. The largest absolute Gasteiger partial charge is 0.312 e. The number of sulfonamides is 1. The number of rotatable bonds is 6. The molecule has 1 aliphatic rings. The van der Waals surface area contributed by atoms with Gasteiger partial charge in [0.15, 0.2) is 0 Å². The van der Waals surface area contributed by atoms with E-state index in [4.69, 9.17) is 0 Å². The van der Waals surface area contributed by atoms with E-state index in [1.54, 1.807) is 47.6 Å². The summed E-state index contributed by atoms with van der Waals surface area (Å²) in [7, 11) is -3.71. The molecule has 0 unspecified atom stereocenters. The molecule has 1 amide bonds. The molecule has 3 aromatic rings. The first-order valence-corrected chi connectivity index (χ1v) is 11.4. The van der Waals surface area contributed by atoms with Crippen LogP contribution in [-0.2, 0) is 27.7 Å². The van der Waals surface area contributed by atoms with E-state index in [1.165, 1.54) is 0 Å². The second kappa shape index (κ2) is 8.28. The van der Waals surface area contributed by atoms with Gasteiger partial charge >= 0.3 is 0 Å². The van der Waals surface area contributed by atoms with E-state index in [0.717, 1.165) is 28.8 Å². The van der Waals surface area contributed by atoms with E-state index in [1.807, 2.05) is 31.2 Å². The summed E-state index contributed by atoms with van der Waals surface area (Å²) in [5.41, 5.74) is 4.43. The Kier molecular flexibility index (Phi) is 5.55. The average Bonchev–Trinajstić information content (AvgIpc) is 3.18. The van der Waals surface area contributed by atoms with Crippen LogP contribution in [0.2, 0.25) is 0 Å². The predicted octanol–water partition coefficient (Wildman–Crippen LogP) is 3.77. The number of carbonyl (C=O) groups is 1. The summed E-state index contributed by atoms with van der Waals surface area (Å²) in [6.45, 7) is 2.42. The first kappa shape index (κ1) is 20.1. The lowest BCUT2D eigenvalue weighted by atomic mass is 10.1. The van der Waals surface area contributed by atoms with Gasteiger partial charge in [-0.3, -0.25) is 14.5 Å². The zero-order chi connectivity index (χ0) is 21.1. The summed E-state index contributed by atoms with van der Waals surface area (Å²) in [5, 5.41) is 0. The maximum atomic E-state index is 12.9. The van der Waals surface area contributed by atoms with Crippen molar-refractivity contribution in [2.75, 3.05) is 16.2 Å². The van der Waals surface area contributed by atoms with E-state index in [9.17, 15) is 13.2 Å². The van der Waals surface area contributed by atoms with Crippen molar-refractivity contribution in [3.8, 4) is 0 Å². The fourth-order valence-electron chi connectivity index (χ4n) is 3.64. The number of nitrogens with one attached hydrogen (secondary N) is 1. The van der Waals surface area contributed by atoms with Gasteiger partial charge in [0.05, 0.1) is 4.90 Å². The third kappa shape index (κ3) is 4.21. The van der Waals surface area contributed by atoms with Crippen LogP contribution in [0.15, 0.2) is 71.9 Å². The van der Waals surface area contributed by atoms with E-state index in [0.29, 0.717) is 25.1 Å². The molecule has 0 saturated heterocycles. The average molecular weight is 422 g/mol. The molecule has 0 aliphatic carbocycles. The molecular weight excluding hydrogens is 398 g/mol. The van der Waals surface area contributed by atoms with Crippen LogP contribution in [0.4, 0.5) is 11.4 Å². The second-order valence-corrected chi connectivity index (χ2v) is 8.96. The summed E-state index contributed by atoms with van der Waals surface area (Å²) in [6.07, 6.45) is 5.36. The molecule has 0 bridgehead atoms. The smallest absolute Gasteiger partial charge is 0.261 e. The Morgan fingerprint density at radius 2 is 1.73 bits per heavy atom. The highest BCUT2D eigenvalue weighted by molar-refractivity contribution is 7.92. The van der Waals surface area contributed by atoms with Gasteiger partial charge in [-0.05, 0) is 72.0 Å². The zero-order valence-electron chi connectivity index (χ0n) is 16.7. The number of pyridine rings is 1. The van der Waals surface area contributed by atoms with E-state index >= 15 is 0 Å². The highest BCUT2D eigenvalue weighted by Gasteiger charge is 2.25. The summed E-state index contributed by atoms with van der Waals surface area (Å²) in [5.74, 6) is 0.0503. The number of fused-ring (bicyclic) bond motifs is 1. The number of carbonyl (C=O) groups excluding carboxylic acids is 1. The van der Waals surface area contributed by atoms with Crippen LogP contribution in [0, 0.1) is 0 Å². The minimum Gasteiger partial charge on any atom is -0.312 e. The molecular formula is C23H23N3O3S. The van der Waals surface area contributed by atoms with Gasteiger partial charge < -0.3 is 4.90 Å². The normalized spacial score (nSPS) is 13.2. The highest BCUT2D eigenvalue weighted by Crippen LogP contribution is 2.31. The summed E-state index contributed by atoms with van der Waals surface area (Å²) in [4.78, 5) is 18.0. The Morgan fingerprint density at radius 1 is 1.03 bits per heavy atom. The van der Waals surface area contributed by atoms with Gasteiger partial charge in [-0.15, -0.1) is 0 Å². The topological polar surface area (TPSA) is 79.4 Å². The molecule has 0 atom stereocenters. The molecule has 0 spiro atoms. The molecule has 7 heteroatoms. The van der Waals surface area contributed by atoms with Crippen LogP contribution in [0.5, 0.6) is 0 Å². The van der Waals surface area contributed by atoms with Crippen LogP contribution in [0.1, 0.15) is 30.0 Å². The fraction of sp³-hybridized carbons (Fsp3) is 0.217. The van der Waals surface area contributed by atoms with Gasteiger partial charge in [0.2, 0.25) is 5.91 Å². The number of anilines is 2. The molecule has 2 heterocycles. The lowest BCUT2D eigenvalue weighted by molar-refractivity contribution is -0.118. The van der Waals surface area contributed by atoms with Crippen LogP contribution in [-0.4, -0.2) is 25.9 Å². The minimum atomic E-state index is -3.71. The van der Waals surface area contributed by atoms with Crippen molar-refractivity contribution in [2.24, 2.45) is 0 Å². The third-order valence-electron chi connectivity index (χ3n) is 5.22. The summed E-state index contributed by atoms with van der Waals surface area (Å²) < 4.78 is 28.3. The number of benzene rings is 2. The molecule has 30 heavy (non-hydrogen) atoms.